The highest BCUT2D eigenvalue weighted by Gasteiger charge is 2.43. The first-order chi connectivity index (χ1) is 17.9. The van der Waals surface area contributed by atoms with Crippen molar-refractivity contribution in [3.63, 3.8) is 0 Å². The number of hydrogen-bond donors (Lipinski definition) is 1. The molecule has 1 N–H and O–H groups in total. The maximum absolute atomic E-state index is 13.7. The summed E-state index contributed by atoms with van der Waals surface area (Å²) >= 11 is 1.47. The van der Waals surface area contributed by atoms with Crippen molar-refractivity contribution in [3.05, 3.63) is 81.4 Å². The number of para-hydroxylation sites is 1. The third-order valence-electron chi connectivity index (χ3n) is 6.99. The molecule has 8 nitrogen and oxygen atoms in total. The molecular weight excluding hydrogens is 490 g/mol. The minimum Gasteiger partial charge on any atom is -0.497 e. The minimum absolute atomic E-state index is 0.0226. The van der Waals surface area contributed by atoms with Crippen LogP contribution < -0.4 is 10.1 Å². The Morgan fingerprint density at radius 1 is 1.14 bits per heavy atom. The lowest BCUT2D eigenvalue weighted by atomic mass is 9.85. The van der Waals surface area contributed by atoms with Crippen LogP contribution in [0.3, 0.4) is 0 Å². The van der Waals surface area contributed by atoms with Gasteiger partial charge in [0.2, 0.25) is 0 Å². The molecule has 1 unspecified atom stereocenters. The Morgan fingerprint density at radius 3 is 2.65 bits per heavy atom. The quantitative estimate of drug-likeness (QED) is 0.209. The van der Waals surface area contributed by atoms with Crippen LogP contribution in [0.2, 0.25) is 0 Å². The van der Waals surface area contributed by atoms with E-state index in [9.17, 15) is 14.9 Å². The zero-order valence-electron chi connectivity index (χ0n) is 20.8. The monoisotopic (exact) mass is 519 g/mol. The lowest BCUT2D eigenvalue weighted by Crippen LogP contribution is -2.48. The number of anilines is 1. The first-order valence-electron chi connectivity index (χ1n) is 12.4. The van der Waals surface area contributed by atoms with Gasteiger partial charge in [0.15, 0.2) is 5.50 Å². The summed E-state index contributed by atoms with van der Waals surface area (Å²) in [6.45, 7) is 2.23. The van der Waals surface area contributed by atoms with E-state index in [-0.39, 0.29) is 23.1 Å². The SMILES string of the molecule is COc1ccc(-c2ccc(/C=C3\SC(Nc4ccccc4)N([C@@H]4CCCC[C@@H]4C)C3=O)o2)c([N+](=O)[O-])c1. The van der Waals surface area contributed by atoms with Gasteiger partial charge in [-0.25, -0.2) is 0 Å². The average Bonchev–Trinajstić information content (AvgIpc) is 3.49. The smallest absolute Gasteiger partial charge is 0.284 e. The molecule has 2 aliphatic rings. The van der Waals surface area contributed by atoms with Crippen LogP contribution in [-0.2, 0) is 4.79 Å². The molecule has 0 spiro atoms. The number of furan rings is 1. The zero-order valence-corrected chi connectivity index (χ0v) is 21.6. The fourth-order valence-electron chi connectivity index (χ4n) is 5.07. The second-order valence-corrected chi connectivity index (χ2v) is 10.5. The molecule has 0 radical (unpaired) electrons. The molecule has 0 bridgehead atoms. The molecule has 192 valence electrons. The van der Waals surface area contributed by atoms with Crippen LogP contribution in [0.15, 0.2) is 70.0 Å². The van der Waals surface area contributed by atoms with Crippen LogP contribution in [0, 0.1) is 16.0 Å². The van der Waals surface area contributed by atoms with E-state index in [1.54, 1.807) is 30.3 Å². The van der Waals surface area contributed by atoms with Gasteiger partial charge in [0.25, 0.3) is 11.6 Å². The van der Waals surface area contributed by atoms with Gasteiger partial charge in [-0.05, 0) is 55.2 Å². The van der Waals surface area contributed by atoms with Crippen molar-refractivity contribution < 1.29 is 18.9 Å². The Kier molecular flexibility index (Phi) is 7.23. The predicted molar refractivity (Wildman–Crippen MR) is 145 cm³/mol. The van der Waals surface area contributed by atoms with Crippen molar-refractivity contribution in [2.24, 2.45) is 5.92 Å². The van der Waals surface area contributed by atoms with Gasteiger partial charge in [0.05, 0.1) is 28.6 Å². The van der Waals surface area contributed by atoms with Crippen molar-refractivity contribution in [3.8, 4) is 17.1 Å². The summed E-state index contributed by atoms with van der Waals surface area (Å²) in [6, 6.07) is 18.1. The number of nitro groups is 1. The third-order valence-corrected chi connectivity index (χ3v) is 8.11. The van der Waals surface area contributed by atoms with E-state index in [1.807, 2.05) is 35.2 Å². The standard InChI is InChI=1S/C28H29N3O5S/c1-18-8-6-7-11-23(18)30-27(32)26(37-28(30)29-19-9-4-3-5-10-19)17-21-13-15-25(36-21)22-14-12-20(35-2)16-24(22)31(33)34/h3-5,9-10,12-18,23,28-29H,6-8,11H2,1-2H3/b26-17-/t18-,23+,28?/m0/s1. The summed E-state index contributed by atoms with van der Waals surface area (Å²) in [4.78, 5) is 27.4. The number of benzene rings is 2. The van der Waals surface area contributed by atoms with Crippen LogP contribution in [0.4, 0.5) is 11.4 Å². The number of thioether (sulfide) groups is 1. The third kappa shape index (κ3) is 5.22. The number of nitro benzene ring substituents is 1. The molecule has 1 amide bonds. The Hall–Kier alpha value is -3.72. The van der Waals surface area contributed by atoms with E-state index in [2.05, 4.69) is 12.2 Å². The van der Waals surface area contributed by atoms with Crippen LogP contribution in [0.5, 0.6) is 5.75 Å². The van der Waals surface area contributed by atoms with E-state index in [0.717, 1.165) is 24.9 Å². The molecule has 37 heavy (non-hydrogen) atoms. The lowest BCUT2D eigenvalue weighted by Gasteiger charge is -2.39. The molecule has 1 aliphatic heterocycles. The van der Waals surface area contributed by atoms with E-state index in [1.165, 1.54) is 31.4 Å². The Balaban J connectivity index is 1.44. The Labute approximate surface area is 219 Å². The van der Waals surface area contributed by atoms with Crippen LogP contribution in [0.1, 0.15) is 38.4 Å². The van der Waals surface area contributed by atoms with Gasteiger partial charge >= 0.3 is 0 Å². The van der Waals surface area contributed by atoms with Gasteiger partial charge < -0.3 is 19.4 Å². The van der Waals surface area contributed by atoms with Gasteiger partial charge in [-0.15, -0.1) is 0 Å². The van der Waals surface area contributed by atoms with Gasteiger partial charge in [-0.2, -0.15) is 0 Å². The number of amides is 1. The molecule has 1 saturated heterocycles. The highest BCUT2D eigenvalue weighted by Crippen LogP contribution is 2.43. The first-order valence-corrected chi connectivity index (χ1v) is 13.3. The highest BCUT2D eigenvalue weighted by atomic mass is 32.2. The fourth-order valence-corrected chi connectivity index (χ4v) is 6.26. The summed E-state index contributed by atoms with van der Waals surface area (Å²) in [7, 11) is 1.46. The lowest BCUT2D eigenvalue weighted by molar-refractivity contribution is -0.384. The molecule has 3 atom stereocenters. The number of ether oxygens (including phenoxy) is 1. The number of hydrogen-bond acceptors (Lipinski definition) is 7. The molecule has 1 aliphatic carbocycles. The number of nitrogens with zero attached hydrogens (tertiary/aromatic N) is 2. The summed E-state index contributed by atoms with van der Waals surface area (Å²) < 4.78 is 11.1. The largest absolute Gasteiger partial charge is 0.497 e. The molecule has 5 rings (SSSR count). The maximum Gasteiger partial charge on any atom is 0.284 e. The number of carbonyl (C=O) groups excluding carboxylic acids is 1. The molecular formula is C28H29N3O5S. The van der Waals surface area contributed by atoms with E-state index >= 15 is 0 Å². The van der Waals surface area contributed by atoms with Crippen molar-refractivity contribution >= 4 is 35.1 Å². The fraction of sp³-hybridized carbons (Fsp3) is 0.321. The number of carbonyl (C=O) groups is 1. The number of rotatable bonds is 7. The van der Waals surface area contributed by atoms with Crippen molar-refractivity contribution in [2.75, 3.05) is 12.4 Å². The van der Waals surface area contributed by atoms with Gasteiger partial charge in [0, 0.05) is 17.8 Å². The molecule has 2 heterocycles. The molecule has 9 heteroatoms. The van der Waals surface area contributed by atoms with Gasteiger partial charge in [-0.1, -0.05) is 49.7 Å². The van der Waals surface area contributed by atoms with Gasteiger partial charge in [0.1, 0.15) is 17.3 Å². The normalized spacial score (nSPS) is 22.9. The van der Waals surface area contributed by atoms with Crippen LogP contribution in [0.25, 0.3) is 17.4 Å². The minimum atomic E-state index is -0.460. The second kappa shape index (κ2) is 10.7. The van der Waals surface area contributed by atoms with Crippen molar-refractivity contribution in [2.45, 2.75) is 44.1 Å². The highest BCUT2D eigenvalue weighted by molar-refractivity contribution is 8.05. The van der Waals surface area contributed by atoms with Crippen molar-refractivity contribution in [1.29, 1.82) is 0 Å². The summed E-state index contributed by atoms with van der Waals surface area (Å²) in [5, 5.41) is 15.2. The van der Waals surface area contributed by atoms with Crippen LogP contribution in [-0.4, -0.2) is 34.4 Å². The van der Waals surface area contributed by atoms with Crippen LogP contribution >= 0.6 is 11.8 Å². The van der Waals surface area contributed by atoms with E-state index in [4.69, 9.17) is 9.15 Å². The molecule has 2 fully saturated rings. The Morgan fingerprint density at radius 2 is 1.92 bits per heavy atom. The van der Waals surface area contributed by atoms with Crippen molar-refractivity contribution in [1.82, 2.24) is 4.90 Å². The second-order valence-electron chi connectivity index (χ2n) is 9.37. The predicted octanol–water partition coefficient (Wildman–Crippen LogP) is 6.75. The molecule has 2 aromatic carbocycles. The number of methoxy groups -OCH3 is 1. The zero-order chi connectivity index (χ0) is 25.9. The average molecular weight is 520 g/mol. The van der Waals surface area contributed by atoms with E-state index < -0.39 is 4.92 Å². The molecule has 1 saturated carbocycles. The summed E-state index contributed by atoms with van der Waals surface area (Å²) in [5.74, 6) is 1.61. The maximum atomic E-state index is 13.7. The number of nitrogens with one attached hydrogen (secondary N) is 1. The first kappa shape index (κ1) is 25.0. The summed E-state index contributed by atoms with van der Waals surface area (Å²) in [5.41, 5.74) is 0.962. The molecule has 1 aromatic heterocycles. The van der Waals surface area contributed by atoms with Gasteiger partial charge in [-0.3, -0.25) is 14.9 Å². The molecule has 3 aromatic rings. The summed E-state index contributed by atoms with van der Waals surface area (Å²) in [6.07, 6.45) is 6.14. The van der Waals surface area contributed by atoms with E-state index in [0.29, 0.717) is 33.7 Å². The Bertz CT molecular complexity index is 1320. The topological polar surface area (TPSA) is 97.8 Å².